The van der Waals surface area contributed by atoms with Crippen LogP contribution in [-0.4, -0.2) is 10.9 Å². The Morgan fingerprint density at radius 3 is 1.86 bits per heavy atom. The molecular formula is C17H13FN2O. The van der Waals surface area contributed by atoms with Crippen molar-refractivity contribution in [1.82, 2.24) is 4.98 Å². The minimum absolute atomic E-state index is 0.249. The van der Waals surface area contributed by atoms with Gasteiger partial charge in [-0.15, -0.1) is 0 Å². The molecule has 0 atom stereocenters. The lowest BCUT2D eigenvalue weighted by molar-refractivity contribution is 0.0996. The van der Waals surface area contributed by atoms with Gasteiger partial charge in [-0.25, -0.2) is 4.39 Å². The van der Waals surface area contributed by atoms with Crippen molar-refractivity contribution in [2.45, 2.75) is 0 Å². The number of nitrogens with two attached hydrogens (primary N) is 1. The summed E-state index contributed by atoms with van der Waals surface area (Å²) in [5.74, 6) is -0.732. The van der Waals surface area contributed by atoms with E-state index in [2.05, 4.69) is 4.98 Å². The molecule has 3 aromatic rings. The molecule has 1 aromatic heterocycles. The highest BCUT2D eigenvalue weighted by Gasteiger charge is 2.06. The number of halogens is 1. The highest BCUT2D eigenvalue weighted by molar-refractivity contribution is 5.92. The molecule has 0 saturated carbocycles. The highest BCUT2D eigenvalue weighted by atomic mass is 19.1. The van der Waals surface area contributed by atoms with E-state index in [0.29, 0.717) is 5.69 Å². The van der Waals surface area contributed by atoms with Gasteiger partial charge >= 0.3 is 0 Å². The van der Waals surface area contributed by atoms with Crippen molar-refractivity contribution in [2.24, 2.45) is 5.73 Å². The molecule has 0 aliphatic carbocycles. The largest absolute Gasteiger partial charge is 0.364 e. The first-order valence-corrected chi connectivity index (χ1v) is 6.49. The quantitative estimate of drug-likeness (QED) is 0.756. The molecule has 0 radical (unpaired) electrons. The molecule has 1 amide bonds. The average Bonchev–Trinajstić information content (AvgIpc) is 2.98. The van der Waals surface area contributed by atoms with Crippen LogP contribution in [0.25, 0.3) is 22.4 Å². The third kappa shape index (κ3) is 2.69. The van der Waals surface area contributed by atoms with Crippen molar-refractivity contribution in [1.29, 1.82) is 0 Å². The number of hydrogen-bond donors (Lipinski definition) is 2. The fourth-order valence-electron chi connectivity index (χ4n) is 2.19. The molecule has 0 fully saturated rings. The van der Waals surface area contributed by atoms with Crippen molar-refractivity contribution < 1.29 is 9.18 Å². The van der Waals surface area contributed by atoms with Crippen LogP contribution in [0.5, 0.6) is 0 Å². The van der Waals surface area contributed by atoms with Gasteiger partial charge in [0, 0.05) is 5.69 Å². The van der Waals surface area contributed by atoms with Gasteiger partial charge in [-0.05, 0) is 41.0 Å². The summed E-state index contributed by atoms with van der Waals surface area (Å²) in [6, 6.07) is 17.6. The maximum atomic E-state index is 12.9. The van der Waals surface area contributed by atoms with E-state index in [-0.39, 0.29) is 5.82 Å². The predicted octanol–water partition coefficient (Wildman–Crippen LogP) is 3.59. The summed E-state index contributed by atoms with van der Waals surface area (Å²) in [7, 11) is 0. The van der Waals surface area contributed by atoms with E-state index in [9.17, 15) is 9.18 Å². The second-order valence-electron chi connectivity index (χ2n) is 4.73. The number of nitrogens with one attached hydrogen (secondary N) is 1. The number of primary amides is 1. The monoisotopic (exact) mass is 280 g/mol. The van der Waals surface area contributed by atoms with Gasteiger partial charge in [0.05, 0.1) is 0 Å². The Labute approximate surface area is 121 Å². The van der Waals surface area contributed by atoms with Crippen molar-refractivity contribution in [3.05, 3.63) is 72.2 Å². The minimum Gasteiger partial charge on any atom is -0.364 e. The normalized spacial score (nSPS) is 10.5. The van der Waals surface area contributed by atoms with Crippen molar-refractivity contribution in [2.75, 3.05) is 0 Å². The van der Waals surface area contributed by atoms with Gasteiger partial charge in [0.15, 0.2) is 0 Å². The van der Waals surface area contributed by atoms with Crippen LogP contribution in [0, 0.1) is 5.82 Å². The Morgan fingerprint density at radius 2 is 1.33 bits per heavy atom. The molecule has 104 valence electrons. The van der Waals surface area contributed by atoms with E-state index in [1.54, 1.807) is 18.2 Å². The lowest BCUT2D eigenvalue weighted by Gasteiger charge is -2.03. The van der Waals surface area contributed by atoms with Crippen LogP contribution < -0.4 is 5.73 Å². The summed E-state index contributed by atoms with van der Waals surface area (Å²) in [6.45, 7) is 0. The molecular weight excluding hydrogens is 267 g/mol. The zero-order valence-electron chi connectivity index (χ0n) is 11.1. The van der Waals surface area contributed by atoms with Crippen LogP contribution >= 0.6 is 0 Å². The van der Waals surface area contributed by atoms with Crippen molar-refractivity contribution in [3.8, 4) is 22.4 Å². The number of carbonyl (C=O) groups excluding carboxylic acids is 1. The smallest absolute Gasteiger partial charge is 0.265 e. The molecule has 3 rings (SSSR count). The molecule has 0 spiro atoms. The molecule has 21 heavy (non-hydrogen) atoms. The number of rotatable bonds is 3. The van der Waals surface area contributed by atoms with Gasteiger partial charge in [0.1, 0.15) is 11.5 Å². The van der Waals surface area contributed by atoms with E-state index >= 15 is 0 Å². The Balaban J connectivity index is 1.89. The highest BCUT2D eigenvalue weighted by Crippen LogP contribution is 2.24. The summed E-state index contributed by atoms with van der Waals surface area (Å²) < 4.78 is 12.9. The molecule has 3 nitrogen and oxygen atoms in total. The second-order valence-corrected chi connectivity index (χ2v) is 4.73. The van der Waals surface area contributed by atoms with Crippen LogP contribution in [0.4, 0.5) is 4.39 Å². The van der Waals surface area contributed by atoms with Crippen LogP contribution in [0.3, 0.4) is 0 Å². The molecule has 0 saturated heterocycles. The maximum Gasteiger partial charge on any atom is 0.265 e. The molecule has 2 aromatic carbocycles. The zero-order chi connectivity index (χ0) is 14.8. The Bertz CT molecular complexity index is 773. The molecule has 1 heterocycles. The van der Waals surface area contributed by atoms with E-state index in [1.165, 1.54) is 12.1 Å². The first-order chi connectivity index (χ1) is 10.1. The summed E-state index contributed by atoms with van der Waals surface area (Å²) >= 11 is 0. The van der Waals surface area contributed by atoms with Gasteiger partial charge in [0.2, 0.25) is 0 Å². The topological polar surface area (TPSA) is 58.9 Å². The van der Waals surface area contributed by atoms with Gasteiger partial charge in [-0.1, -0.05) is 36.4 Å². The number of aromatic nitrogens is 1. The number of amides is 1. The van der Waals surface area contributed by atoms with Crippen LogP contribution in [0.1, 0.15) is 10.5 Å². The Hall–Kier alpha value is -2.88. The third-order valence-electron chi connectivity index (χ3n) is 3.32. The van der Waals surface area contributed by atoms with Crippen molar-refractivity contribution in [3.63, 3.8) is 0 Å². The minimum atomic E-state index is -0.482. The van der Waals surface area contributed by atoms with Crippen LogP contribution in [-0.2, 0) is 0 Å². The molecule has 0 bridgehead atoms. The van der Waals surface area contributed by atoms with E-state index < -0.39 is 5.91 Å². The van der Waals surface area contributed by atoms with Crippen LogP contribution in [0.15, 0.2) is 60.7 Å². The Kier molecular flexibility index (Phi) is 3.28. The summed E-state index contributed by atoms with van der Waals surface area (Å²) in [4.78, 5) is 14.0. The summed E-state index contributed by atoms with van der Waals surface area (Å²) in [6.07, 6.45) is 0. The maximum absolute atomic E-state index is 12.9. The lowest BCUT2D eigenvalue weighted by Crippen LogP contribution is -2.10. The van der Waals surface area contributed by atoms with Gasteiger partial charge in [0.25, 0.3) is 5.91 Å². The predicted molar refractivity (Wildman–Crippen MR) is 80.1 cm³/mol. The van der Waals surface area contributed by atoms with E-state index in [0.717, 1.165) is 22.4 Å². The fourth-order valence-corrected chi connectivity index (χ4v) is 2.19. The third-order valence-corrected chi connectivity index (χ3v) is 3.32. The molecule has 0 unspecified atom stereocenters. The van der Waals surface area contributed by atoms with Gasteiger partial charge in [-0.3, -0.25) is 4.79 Å². The molecule has 4 heteroatoms. The summed E-state index contributed by atoms with van der Waals surface area (Å²) in [5.41, 5.74) is 9.33. The number of benzene rings is 2. The SMILES string of the molecule is NC(=O)c1ccc(-c2ccc(-c3ccc(F)cc3)cc2)[nH]1. The van der Waals surface area contributed by atoms with Crippen molar-refractivity contribution >= 4 is 5.91 Å². The zero-order valence-corrected chi connectivity index (χ0v) is 11.1. The second kappa shape index (κ2) is 5.25. The Morgan fingerprint density at radius 1 is 0.810 bits per heavy atom. The fraction of sp³-hybridized carbons (Fsp3) is 0. The molecule has 0 aliphatic heterocycles. The van der Waals surface area contributed by atoms with Gasteiger partial charge in [-0.2, -0.15) is 0 Å². The number of hydrogen-bond acceptors (Lipinski definition) is 1. The standard InChI is InChI=1S/C17H13FN2O/c18-14-7-5-12(6-8-14)11-1-3-13(4-2-11)15-9-10-16(20-15)17(19)21/h1-10,20H,(H2,19,21). The lowest BCUT2D eigenvalue weighted by atomic mass is 10.0. The molecule has 3 N–H and O–H groups in total. The van der Waals surface area contributed by atoms with Crippen LogP contribution in [0.2, 0.25) is 0 Å². The number of aromatic amines is 1. The summed E-state index contributed by atoms with van der Waals surface area (Å²) in [5, 5.41) is 0. The molecule has 0 aliphatic rings. The number of carbonyl (C=O) groups is 1. The van der Waals surface area contributed by atoms with E-state index in [1.807, 2.05) is 30.3 Å². The van der Waals surface area contributed by atoms with Gasteiger partial charge < -0.3 is 10.7 Å². The first kappa shape index (κ1) is 13.1. The first-order valence-electron chi connectivity index (χ1n) is 6.49. The van der Waals surface area contributed by atoms with E-state index in [4.69, 9.17) is 5.73 Å². The number of H-pyrrole nitrogens is 1. The average molecular weight is 280 g/mol.